The van der Waals surface area contributed by atoms with Crippen molar-refractivity contribution >= 4 is 44.3 Å². The van der Waals surface area contributed by atoms with Gasteiger partial charge < -0.3 is 4.57 Å². The molecule has 1 aromatic carbocycles. The van der Waals surface area contributed by atoms with Crippen molar-refractivity contribution in [3.8, 4) is 0 Å². The molecule has 0 aliphatic heterocycles. The summed E-state index contributed by atoms with van der Waals surface area (Å²) < 4.78 is 39.9. The van der Waals surface area contributed by atoms with Gasteiger partial charge in [-0.25, -0.2) is 4.98 Å². The van der Waals surface area contributed by atoms with Crippen LogP contribution in [-0.4, -0.2) is 19.8 Å². The Balaban J connectivity index is 2.86. The average Bonchev–Trinajstić information content (AvgIpc) is 2.70. The fraction of sp³-hybridized carbons (Fsp3) is 0.300. The van der Waals surface area contributed by atoms with Crippen LogP contribution < -0.4 is 0 Å². The van der Waals surface area contributed by atoms with Gasteiger partial charge in [0.05, 0.1) is 22.3 Å². The number of nitro benzene ring substituents is 1. The zero-order chi connectivity index (χ0) is 15.1. The Hall–Kier alpha value is -1.35. The SMILES string of the molecule is O=[N+]([O-])c1c(Cl)c(C(F)(F)F)cc2ncn(CCBr)c12. The topological polar surface area (TPSA) is 61.0 Å². The average molecular weight is 373 g/mol. The van der Waals surface area contributed by atoms with Crippen LogP contribution in [0.4, 0.5) is 18.9 Å². The molecule has 0 atom stereocenters. The first-order valence-corrected chi connectivity index (χ1v) is 6.72. The summed E-state index contributed by atoms with van der Waals surface area (Å²) in [7, 11) is 0. The fourth-order valence-corrected chi connectivity index (χ4v) is 2.53. The van der Waals surface area contributed by atoms with Gasteiger partial charge in [0.25, 0.3) is 0 Å². The summed E-state index contributed by atoms with van der Waals surface area (Å²) in [5.41, 5.74) is -2.18. The molecule has 10 heteroatoms. The van der Waals surface area contributed by atoms with Crippen LogP contribution in [0.3, 0.4) is 0 Å². The van der Waals surface area contributed by atoms with E-state index in [-0.39, 0.29) is 11.0 Å². The minimum absolute atomic E-state index is 0.0209. The van der Waals surface area contributed by atoms with E-state index >= 15 is 0 Å². The molecule has 2 rings (SSSR count). The van der Waals surface area contributed by atoms with Crippen LogP contribution in [0.5, 0.6) is 0 Å². The van der Waals surface area contributed by atoms with Crippen molar-refractivity contribution in [2.24, 2.45) is 0 Å². The molecule has 20 heavy (non-hydrogen) atoms. The molecule has 0 aliphatic carbocycles. The van der Waals surface area contributed by atoms with Crippen molar-refractivity contribution in [3.05, 3.63) is 33.1 Å². The molecule has 2 aromatic rings. The Labute approximate surface area is 123 Å². The normalized spacial score (nSPS) is 12.1. The van der Waals surface area contributed by atoms with Gasteiger partial charge in [-0.3, -0.25) is 10.1 Å². The minimum atomic E-state index is -4.78. The molecule has 0 unspecified atom stereocenters. The fourth-order valence-electron chi connectivity index (χ4n) is 1.83. The lowest BCUT2D eigenvalue weighted by atomic mass is 10.1. The van der Waals surface area contributed by atoms with Crippen LogP contribution >= 0.6 is 27.5 Å². The van der Waals surface area contributed by atoms with E-state index in [1.54, 1.807) is 0 Å². The number of nitro groups is 1. The van der Waals surface area contributed by atoms with Crippen molar-refractivity contribution in [2.75, 3.05) is 5.33 Å². The van der Waals surface area contributed by atoms with Crippen LogP contribution in [0.1, 0.15) is 5.56 Å². The van der Waals surface area contributed by atoms with Crippen LogP contribution in [-0.2, 0) is 12.7 Å². The number of alkyl halides is 4. The summed E-state index contributed by atoms with van der Waals surface area (Å²) in [6, 6.07) is 0.718. The van der Waals surface area contributed by atoms with Gasteiger partial charge >= 0.3 is 11.9 Å². The third kappa shape index (κ3) is 2.47. The number of fused-ring (bicyclic) bond motifs is 1. The molecule has 0 N–H and O–H groups in total. The smallest absolute Gasteiger partial charge is 0.324 e. The van der Waals surface area contributed by atoms with Crippen molar-refractivity contribution in [1.82, 2.24) is 9.55 Å². The van der Waals surface area contributed by atoms with Crippen LogP contribution in [0.25, 0.3) is 11.0 Å². The Morgan fingerprint density at radius 2 is 2.15 bits per heavy atom. The Kier molecular flexibility index (Phi) is 3.92. The highest BCUT2D eigenvalue weighted by Gasteiger charge is 2.38. The molecule has 0 amide bonds. The van der Waals surface area contributed by atoms with E-state index in [4.69, 9.17) is 11.6 Å². The summed E-state index contributed by atoms with van der Waals surface area (Å²) in [6.07, 6.45) is -3.54. The summed E-state index contributed by atoms with van der Waals surface area (Å²) >= 11 is 8.73. The van der Waals surface area contributed by atoms with Crippen molar-refractivity contribution in [2.45, 2.75) is 12.7 Å². The predicted molar refractivity (Wildman–Crippen MR) is 70.2 cm³/mol. The van der Waals surface area contributed by atoms with Gasteiger partial charge in [-0.15, -0.1) is 0 Å². The van der Waals surface area contributed by atoms with Gasteiger partial charge in [0.1, 0.15) is 10.5 Å². The molecule has 0 fully saturated rings. The van der Waals surface area contributed by atoms with Crippen molar-refractivity contribution in [1.29, 1.82) is 0 Å². The summed E-state index contributed by atoms with van der Waals surface area (Å²) in [4.78, 5) is 13.9. The maximum Gasteiger partial charge on any atom is 0.418 e. The van der Waals surface area contributed by atoms with Crippen LogP contribution in [0.15, 0.2) is 12.4 Å². The zero-order valence-electron chi connectivity index (χ0n) is 9.62. The summed E-state index contributed by atoms with van der Waals surface area (Å²) in [5, 5.41) is 10.6. The van der Waals surface area contributed by atoms with Crippen LogP contribution in [0, 0.1) is 10.1 Å². The lowest BCUT2D eigenvalue weighted by Crippen LogP contribution is -2.09. The number of hydrogen-bond acceptors (Lipinski definition) is 3. The van der Waals surface area contributed by atoms with E-state index in [0.717, 1.165) is 6.07 Å². The number of rotatable bonds is 3. The molecule has 0 saturated heterocycles. The molecule has 108 valence electrons. The highest BCUT2D eigenvalue weighted by atomic mass is 79.9. The molecule has 1 heterocycles. The molecule has 0 radical (unpaired) electrons. The molecule has 0 bridgehead atoms. The number of halogens is 5. The highest BCUT2D eigenvalue weighted by molar-refractivity contribution is 9.09. The number of aryl methyl sites for hydroxylation is 1. The van der Waals surface area contributed by atoms with E-state index in [1.807, 2.05) is 0 Å². The van der Waals surface area contributed by atoms with E-state index < -0.39 is 27.4 Å². The molecule has 5 nitrogen and oxygen atoms in total. The molecular formula is C10H6BrClF3N3O2. The summed E-state index contributed by atoms with van der Waals surface area (Å²) in [5.74, 6) is 0. The van der Waals surface area contributed by atoms with Gasteiger partial charge in [-0.2, -0.15) is 13.2 Å². The Bertz CT molecular complexity index is 686. The molecule has 0 spiro atoms. The molecule has 1 aromatic heterocycles. The van der Waals surface area contributed by atoms with Gasteiger partial charge in [0, 0.05) is 11.9 Å². The Morgan fingerprint density at radius 3 is 2.65 bits per heavy atom. The standard InChI is InChI=1S/C10H6BrClF3N3O2/c11-1-2-17-4-16-6-3-5(10(13,14)15)7(12)9(8(6)17)18(19)20/h3-4H,1-2H2. The van der Waals surface area contributed by atoms with Gasteiger partial charge in [-0.1, -0.05) is 27.5 Å². The first-order chi connectivity index (χ1) is 9.27. The van der Waals surface area contributed by atoms with E-state index in [1.165, 1.54) is 10.9 Å². The summed E-state index contributed by atoms with van der Waals surface area (Å²) in [6.45, 7) is 0.318. The third-order valence-electron chi connectivity index (χ3n) is 2.63. The van der Waals surface area contributed by atoms with E-state index in [0.29, 0.717) is 11.9 Å². The van der Waals surface area contributed by atoms with Crippen molar-refractivity contribution < 1.29 is 18.1 Å². The monoisotopic (exact) mass is 371 g/mol. The number of benzene rings is 1. The van der Waals surface area contributed by atoms with Crippen molar-refractivity contribution in [3.63, 3.8) is 0 Å². The molecular weight excluding hydrogens is 366 g/mol. The number of hydrogen-bond donors (Lipinski definition) is 0. The van der Waals surface area contributed by atoms with Gasteiger partial charge in [-0.05, 0) is 6.07 Å². The van der Waals surface area contributed by atoms with Gasteiger partial charge in [0.15, 0.2) is 0 Å². The van der Waals surface area contributed by atoms with E-state index in [2.05, 4.69) is 20.9 Å². The number of imidazole rings is 1. The lowest BCUT2D eigenvalue weighted by Gasteiger charge is -2.10. The van der Waals surface area contributed by atoms with Gasteiger partial charge in [0.2, 0.25) is 0 Å². The maximum atomic E-state index is 12.8. The quantitative estimate of drug-likeness (QED) is 0.465. The minimum Gasteiger partial charge on any atom is -0.324 e. The third-order valence-corrected chi connectivity index (χ3v) is 3.37. The number of nitrogens with zero attached hydrogens (tertiary/aromatic N) is 3. The number of aromatic nitrogens is 2. The second-order valence-electron chi connectivity index (χ2n) is 3.84. The zero-order valence-corrected chi connectivity index (χ0v) is 12.0. The predicted octanol–water partition coefficient (Wildman–Crippen LogP) is 4.01. The largest absolute Gasteiger partial charge is 0.418 e. The molecule has 0 saturated carbocycles. The highest BCUT2D eigenvalue weighted by Crippen LogP contribution is 2.43. The first-order valence-electron chi connectivity index (χ1n) is 5.22. The first kappa shape index (κ1) is 15.0. The Morgan fingerprint density at radius 1 is 1.50 bits per heavy atom. The van der Waals surface area contributed by atoms with Crippen LogP contribution in [0.2, 0.25) is 5.02 Å². The second kappa shape index (κ2) is 5.21. The molecule has 0 aliphatic rings. The van der Waals surface area contributed by atoms with E-state index in [9.17, 15) is 23.3 Å². The second-order valence-corrected chi connectivity index (χ2v) is 5.01. The maximum absolute atomic E-state index is 12.8. The lowest BCUT2D eigenvalue weighted by molar-refractivity contribution is -0.383.